The number of rotatable bonds is 2. The van der Waals surface area contributed by atoms with E-state index < -0.39 is 0 Å². The van der Waals surface area contributed by atoms with Gasteiger partial charge in [0.2, 0.25) is 0 Å². The average Bonchev–Trinajstić information content (AvgIpc) is 3.15. The van der Waals surface area contributed by atoms with Crippen LogP contribution in [0.3, 0.4) is 0 Å². The molecule has 4 heterocycles. The van der Waals surface area contributed by atoms with Gasteiger partial charge in [0.15, 0.2) is 0 Å². The Labute approximate surface area is 125 Å². The molecule has 3 atom stereocenters. The topological polar surface area (TPSA) is 45.2 Å². The molecule has 6 heteroatoms. The number of hydrogen-bond acceptors (Lipinski definition) is 4. The van der Waals surface area contributed by atoms with Gasteiger partial charge in [-0.15, -0.1) is 11.3 Å². The highest BCUT2D eigenvalue weighted by Crippen LogP contribution is 2.30. The first-order valence-electron chi connectivity index (χ1n) is 6.76. The first kappa shape index (κ1) is 12.6. The number of nitrogens with one attached hydrogen (secondary N) is 1. The van der Waals surface area contributed by atoms with Gasteiger partial charge in [0.25, 0.3) is 5.91 Å². The van der Waals surface area contributed by atoms with Gasteiger partial charge in [0.1, 0.15) is 5.69 Å². The quantitative estimate of drug-likeness (QED) is 0.926. The molecule has 2 unspecified atom stereocenters. The first-order chi connectivity index (χ1) is 9.70. The Morgan fingerprint density at radius 2 is 2.40 bits per heavy atom. The molecule has 20 heavy (non-hydrogen) atoms. The van der Waals surface area contributed by atoms with Crippen LogP contribution >= 0.6 is 22.9 Å². The molecule has 0 aromatic carbocycles. The van der Waals surface area contributed by atoms with Crippen LogP contribution < -0.4 is 5.32 Å². The number of piperidine rings is 1. The van der Waals surface area contributed by atoms with E-state index in [1.165, 1.54) is 13.0 Å². The van der Waals surface area contributed by atoms with Gasteiger partial charge in [0.05, 0.1) is 9.72 Å². The maximum atomic E-state index is 12.3. The van der Waals surface area contributed by atoms with E-state index in [1.54, 1.807) is 23.6 Å². The number of carbonyl (C=O) groups excluding carboxylic acids is 1. The summed E-state index contributed by atoms with van der Waals surface area (Å²) in [4.78, 5) is 19.0. The van der Waals surface area contributed by atoms with Crippen LogP contribution in [-0.4, -0.2) is 41.5 Å². The summed E-state index contributed by atoms with van der Waals surface area (Å²) < 4.78 is 1.01. The van der Waals surface area contributed by atoms with Gasteiger partial charge in [-0.1, -0.05) is 11.6 Å². The second-order valence-corrected chi connectivity index (χ2v) is 6.86. The Hall–Kier alpha value is -1.17. The first-order valence-corrected chi connectivity index (χ1v) is 8.02. The van der Waals surface area contributed by atoms with E-state index in [0.29, 0.717) is 16.6 Å². The molecule has 0 aliphatic carbocycles. The number of thiophene rings is 1. The van der Waals surface area contributed by atoms with Gasteiger partial charge in [-0.3, -0.25) is 4.79 Å². The number of hydrogen-bond donors (Lipinski definition) is 1. The summed E-state index contributed by atoms with van der Waals surface area (Å²) in [6.45, 7) is 3.26. The normalized spacial score (nSPS) is 28.1. The lowest BCUT2D eigenvalue weighted by molar-refractivity contribution is 0.0919. The zero-order valence-corrected chi connectivity index (χ0v) is 12.4. The third-order valence-electron chi connectivity index (χ3n) is 4.30. The number of amides is 1. The van der Waals surface area contributed by atoms with Crippen LogP contribution in [0.4, 0.5) is 0 Å². The van der Waals surface area contributed by atoms with Gasteiger partial charge in [0, 0.05) is 36.1 Å². The minimum atomic E-state index is -0.0899. The van der Waals surface area contributed by atoms with Gasteiger partial charge in [-0.2, -0.15) is 0 Å². The van der Waals surface area contributed by atoms with E-state index in [1.807, 2.05) is 5.38 Å². The van der Waals surface area contributed by atoms with Crippen LogP contribution in [0.5, 0.6) is 0 Å². The lowest BCUT2D eigenvalue weighted by Gasteiger charge is -2.22. The SMILES string of the molecule is O=C(NC1CN2CC[C@H]1C2)c1cc2c(Cl)csc2cn1. The zero-order chi connectivity index (χ0) is 13.7. The summed E-state index contributed by atoms with van der Waals surface area (Å²) in [6.07, 6.45) is 2.92. The molecule has 104 valence electrons. The van der Waals surface area contributed by atoms with Crippen molar-refractivity contribution in [3.63, 3.8) is 0 Å². The molecule has 2 aromatic heterocycles. The Morgan fingerprint density at radius 1 is 1.50 bits per heavy atom. The summed E-state index contributed by atoms with van der Waals surface area (Å²) in [7, 11) is 0. The van der Waals surface area contributed by atoms with E-state index in [9.17, 15) is 4.79 Å². The third kappa shape index (κ3) is 2.01. The average molecular weight is 308 g/mol. The second kappa shape index (κ2) is 4.69. The molecule has 4 nitrogen and oxygen atoms in total. The molecule has 2 fully saturated rings. The number of halogens is 1. The summed E-state index contributed by atoms with van der Waals surface area (Å²) in [6, 6.07) is 2.06. The highest BCUT2D eigenvalue weighted by Gasteiger charge is 2.38. The van der Waals surface area contributed by atoms with E-state index in [-0.39, 0.29) is 11.9 Å². The third-order valence-corrected chi connectivity index (χ3v) is 5.67. The standard InChI is InChI=1S/C14H14ClN3OS/c15-10-7-20-13-4-16-11(3-9(10)13)14(19)17-12-6-18-2-1-8(12)5-18/h3-4,7-8,12H,1-2,5-6H2,(H,17,19)/t8-,12?/m0/s1. The Bertz CT molecular complexity index is 686. The van der Waals surface area contributed by atoms with E-state index in [0.717, 1.165) is 23.2 Å². The number of aromatic nitrogens is 1. The Balaban J connectivity index is 1.56. The van der Waals surface area contributed by atoms with Gasteiger partial charge in [-0.05, 0) is 24.9 Å². The second-order valence-electron chi connectivity index (χ2n) is 5.54. The van der Waals surface area contributed by atoms with Crippen molar-refractivity contribution in [2.75, 3.05) is 19.6 Å². The van der Waals surface area contributed by atoms with E-state index in [2.05, 4.69) is 15.2 Å². The molecule has 2 aliphatic rings. The van der Waals surface area contributed by atoms with Crippen molar-refractivity contribution in [1.82, 2.24) is 15.2 Å². The van der Waals surface area contributed by atoms with Crippen LogP contribution in [0.25, 0.3) is 10.1 Å². The fraction of sp³-hybridized carbons (Fsp3) is 0.429. The van der Waals surface area contributed by atoms with Crippen molar-refractivity contribution in [3.8, 4) is 0 Å². The minimum absolute atomic E-state index is 0.0899. The van der Waals surface area contributed by atoms with Crippen molar-refractivity contribution in [3.05, 3.63) is 28.4 Å². The summed E-state index contributed by atoms with van der Waals surface area (Å²) in [5, 5.41) is 6.59. The lowest BCUT2D eigenvalue weighted by atomic mass is 10.00. The van der Waals surface area contributed by atoms with Crippen LogP contribution in [-0.2, 0) is 0 Å². The van der Waals surface area contributed by atoms with Crippen molar-refractivity contribution < 1.29 is 4.79 Å². The Kier molecular flexibility index (Phi) is 2.94. The highest BCUT2D eigenvalue weighted by molar-refractivity contribution is 7.17. The molecule has 4 rings (SSSR count). The fourth-order valence-electron chi connectivity index (χ4n) is 3.22. The van der Waals surface area contributed by atoms with Crippen LogP contribution in [0.15, 0.2) is 17.6 Å². The van der Waals surface area contributed by atoms with Crippen molar-refractivity contribution >= 4 is 38.9 Å². The molecule has 0 radical (unpaired) electrons. The number of nitrogens with zero attached hydrogens (tertiary/aromatic N) is 2. The maximum absolute atomic E-state index is 12.3. The molecule has 0 saturated carbocycles. The van der Waals surface area contributed by atoms with Crippen LogP contribution in [0.2, 0.25) is 5.02 Å². The smallest absolute Gasteiger partial charge is 0.270 e. The molecule has 2 saturated heterocycles. The van der Waals surface area contributed by atoms with Crippen LogP contribution in [0.1, 0.15) is 16.9 Å². The largest absolute Gasteiger partial charge is 0.346 e. The number of fused-ring (bicyclic) bond motifs is 3. The van der Waals surface area contributed by atoms with Crippen molar-refractivity contribution in [1.29, 1.82) is 0 Å². The molecule has 2 aliphatic heterocycles. The van der Waals surface area contributed by atoms with Gasteiger partial charge in [-0.25, -0.2) is 4.98 Å². The summed E-state index contributed by atoms with van der Waals surface area (Å²) in [5.74, 6) is 0.514. The maximum Gasteiger partial charge on any atom is 0.270 e. The predicted octanol–water partition coefficient (Wildman–Crippen LogP) is 2.38. The fourth-order valence-corrected chi connectivity index (χ4v) is 4.33. The zero-order valence-electron chi connectivity index (χ0n) is 10.8. The van der Waals surface area contributed by atoms with E-state index >= 15 is 0 Å². The number of pyridine rings is 1. The minimum Gasteiger partial charge on any atom is -0.346 e. The molecule has 1 amide bonds. The highest BCUT2D eigenvalue weighted by atomic mass is 35.5. The molecule has 2 bridgehead atoms. The summed E-state index contributed by atoms with van der Waals surface area (Å²) in [5.41, 5.74) is 0.454. The molecular formula is C14H14ClN3OS. The molecule has 2 aromatic rings. The number of carbonyl (C=O) groups is 1. The van der Waals surface area contributed by atoms with Crippen molar-refractivity contribution in [2.45, 2.75) is 12.5 Å². The van der Waals surface area contributed by atoms with E-state index in [4.69, 9.17) is 11.6 Å². The van der Waals surface area contributed by atoms with Crippen LogP contribution in [0, 0.1) is 5.92 Å². The molecule has 1 N–H and O–H groups in total. The molecular weight excluding hydrogens is 294 g/mol. The monoisotopic (exact) mass is 307 g/mol. The van der Waals surface area contributed by atoms with Gasteiger partial charge >= 0.3 is 0 Å². The van der Waals surface area contributed by atoms with Gasteiger partial charge < -0.3 is 10.2 Å². The van der Waals surface area contributed by atoms with Crippen molar-refractivity contribution in [2.24, 2.45) is 5.92 Å². The molecule has 0 spiro atoms. The Morgan fingerprint density at radius 3 is 3.15 bits per heavy atom. The lowest BCUT2D eigenvalue weighted by Crippen LogP contribution is -2.43. The summed E-state index contributed by atoms with van der Waals surface area (Å²) >= 11 is 7.66. The predicted molar refractivity (Wildman–Crippen MR) is 80.4 cm³/mol.